The highest BCUT2D eigenvalue weighted by Gasteiger charge is 2.31. The van der Waals surface area contributed by atoms with E-state index in [0.29, 0.717) is 0 Å². The van der Waals surface area contributed by atoms with Crippen LogP contribution in [0.4, 0.5) is 0 Å². The van der Waals surface area contributed by atoms with E-state index in [1.165, 1.54) is 0 Å². The van der Waals surface area contributed by atoms with E-state index in [1.54, 1.807) is 28.4 Å². The SMILES string of the molecule is COc1ccc(OC)c(C(c2c(OC)cccc2OC)N2CCNCC2)c1. The van der Waals surface area contributed by atoms with Gasteiger partial charge >= 0.3 is 0 Å². The Morgan fingerprint density at radius 1 is 0.815 bits per heavy atom. The minimum Gasteiger partial charge on any atom is -0.497 e. The van der Waals surface area contributed by atoms with Crippen molar-refractivity contribution in [3.05, 3.63) is 47.5 Å². The van der Waals surface area contributed by atoms with Crippen LogP contribution in [0.1, 0.15) is 17.2 Å². The van der Waals surface area contributed by atoms with Crippen LogP contribution in [0.2, 0.25) is 0 Å². The smallest absolute Gasteiger partial charge is 0.127 e. The van der Waals surface area contributed by atoms with E-state index in [-0.39, 0.29) is 6.04 Å². The fourth-order valence-electron chi connectivity index (χ4n) is 3.68. The molecule has 3 rings (SSSR count). The van der Waals surface area contributed by atoms with E-state index < -0.39 is 0 Å². The highest BCUT2D eigenvalue weighted by Crippen LogP contribution is 2.44. The Bertz CT molecular complexity index is 738. The van der Waals surface area contributed by atoms with Crippen LogP contribution in [-0.4, -0.2) is 59.5 Å². The average molecular weight is 372 g/mol. The van der Waals surface area contributed by atoms with Crippen molar-refractivity contribution in [3.63, 3.8) is 0 Å². The van der Waals surface area contributed by atoms with Crippen LogP contribution >= 0.6 is 0 Å². The standard InChI is InChI=1S/C21H28N2O4/c1-24-15-8-9-17(25-2)16(14-15)21(23-12-10-22-11-13-23)20-18(26-3)6-5-7-19(20)27-4/h5-9,14,21-22H,10-13H2,1-4H3. The van der Waals surface area contributed by atoms with E-state index in [2.05, 4.69) is 10.2 Å². The molecule has 27 heavy (non-hydrogen) atoms. The molecule has 1 heterocycles. The number of rotatable bonds is 7. The highest BCUT2D eigenvalue weighted by atomic mass is 16.5. The number of nitrogens with zero attached hydrogens (tertiary/aromatic N) is 1. The molecule has 0 saturated carbocycles. The summed E-state index contributed by atoms with van der Waals surface area (Å²) in [5, 5.41) is 3.42. The van der Waals surface area contributed by atoms with Crippen LogP contribution < -0.4 is 24.3 Å². The summed E-state index contributed by atoms with van der Waals surface area (Å²) in [6, 6.07) is 11.7. The molecule has 6 heteroatoms. The first-order valence-electron chi connectivity index (χ1n) is 9.11. The Morgan fingerprint density at radius 3 is 2.00 bits per heavy atom. The fraction of sp³-hybridized carbons (Fsp3) is 0.429. The maximum Gasteiger partial charge on any atom is 0.127 e. The van der Waals surface area contributed by atoms with E-state index in [9.17, 15) is 0 Å². The lowest BCUT2D eigenvalue weighted by molar-refractivity contribution is 0.189. The van der Waals surface area contributed by atoms with Gasteiger partial charge in [-0.1, -0.05) is 6.07 Å². The molecule has 1 aliphatic heterocycles. The van der Waals surface area contributed by atoms with Gasteiger partial charge in [0.1, 0.15) is 23.0 Å². The van der Waals surface area contributed by atoms with Gasteiger partial charge in [0.05, 0.1) is 40.0 Å². The van der Waals surface area contributed by atoms with E-state index in [1.807, 2.05) is 36.4 Å². The van der Waals surface area contributed by atoms with Gasteiger partial charge in [-0.25, -0.2) is 0 Å². The second kappa shape index (κ2) is 8.97. The first kappa shape index (κ1) is 19.3. The molecule has 1 atom stereocenters. The summed E-state index contributed by atoms with van der Waals surface area (Å²) in [5.74, 6) is 3.19. The second-order valence-electron chi connectivity index (χ2n) is 6.37. The lowest BCUT2D eigenvalue weighted by Crippen LogP contribution is -2.45. The number of piperazine rings is 1. The first-order valence-corrected chi connectivity index (χ1v) is 9.11. The molecule has 1 N–H and O–H groups in total. The summed E-state index contributed by atoms with van der Waals surface area (Å²) >= 11 is 0. The van der Waals surface area contributed by atoms with Crippen molar-refractivity contribution >= 4 is 0 Å². The normalized spacial score (nSPS) is 15.9. The molecule has 0 aliphatic carbocycles. The predicted molar refractivity (Wildman–Crippen MR) is 105 cm³/mol. The maximum atomic E-state index is 5.72. The quantitative estimate of drug-likeness (QED) is 0.807. The zero-order valence-corrected chi connectivity index (χ0v) is 16.5. The zero-order valence-electron chi connectivity index (χ0n) is 16.5. The van der Waals surface area contributed by atoms with Crippen LogP contribution in [0.25, 0.3) is 0 Å². The van der Waals surface area contributed by atoms with Gasteiger partial charge in [0.2, 0.25) is 0 Å². The highest BCUT2D eigenvalue weighted by molar-refractivity contribution is 5.54. The molecule has 1 fully saturated rings. The minimum atomic E-state index is -0.0803. The van der Waals surface area contributed by atoms with Gasteiger partial charge in [-0.15, -0.1) is 0 Å². The van der Waals surface area contributed by atoms with Crippen molar-refractivity contribution < 1.29 is 18.9 Å². The van der Waals surface area contributed by atoms with Crippen LogP contribution in [0.15, 0.2) is 36.4 Å². The molecule has 0 bridgehead atoms. The van der Waals surface area contributed by atoms with Crippen LogP contribution in [0.3, 0.4) is 0 Å². The predicted octanol–water partition coefficient (Wildman–Crippen LogP) is 2.72. The van der Waals surface area contributed by atoms with Gasteiger partial charge in [-0.05, 0) is 30.3 Å². The first-order chi connectivity index (χ1) is 13.2. The molecule has 0 radical (unpaired) electrons. The summed E-state index contributed by atoms with van der Waals surface area (Å²) in [6.07, 6.45) is 0. The molecule has 6 nitrogen and oxygen atoms in total. The Balaban J connectivity index is 2.22. The molecular formula is C21H28N2O4. The third-order valence-corrected chi connectivity index (χ3v) is 4.99. The Labute approximate surface area is 161 Å². The van der Waals surface area contributed by atoms with Gasteiger partial charge in [-0.3, -0.25) is 4.90 Å². The van der Waals surface area contributed by atoms with Gasteiger partial charge in [0.15, 0.2) is 0 Å². The van der Waals surface area contributed by atoms with Crippen molar-refractivity contribution in [2.45, 2.75) is 6.04 Å². The largest absolute Gasteiger partial charge is 0.497 e. The zero-order chi connectivity index (χ0) is 19.2. The van der Waals surface area contributed by atoms with Crippen LogP contribution in [0, 0.1) is 0 Å². The molecule has 0 spiro atoms. The topological polar surface area (TPSA) is 52.2 Å². The lowest BCUT2D eigenvalue weighted by atomic mass is 9.93. The summed E-state index contributed by atoms with van der Waals surface area (Å²) in [7, 11) is 6.75. The summed E-state index contributed by atoms with van der Waals surface area (Å²) in [5.41, 5.74) is 2.03. The molecule has 2 aromatic rings. The maximum absolute atomic E-state index is 5.72. The third kappa shape index (κ3) is 3.96. The molecule has 0 amide bonds. The van der Waals surface area contributed by atoms with E-state index in [4.69, 9.17) is 18.9 Å². The third-order valence-electron chi connectivity index (χ3n) is 4.99. The van der Waals surface area contributed by atoms with Gasteiger partial charge in [-0.2, -0.15) is 0 Å². The monoisotopic (exact) mass is 372 g/mol. The van der Waals surface area contributed by atoms with Gasteiger partial charge < -0.3 is 24.3 Å². The van der Waals surface area contributed by atoms with Crippen molar-refractivity contribution in [2.75, 3.05) is 54.6 Å². The molecule has 146 valence electrons. The Kier molecular flexibility index (Phi) is 6.42. The molecule has 0 aromatic heterocycles. The number of hydrogen-bond donors (Lipinski definition) is 1. The molecule has 1 saturated heterocycles. The van der Waals surface area contributed by atoms with Gasteiger partial charge in [0.25, 0.3) is 0 Å². The van der Waals surface area contributed by atoms with Gasteiger partial charge in [0, 0.05) is 31.7 Å². The molecular weight excluding hydrogens is 344 g/mol. The number of benzene rings is 2. The molecule has 2 aromatic carbocycles. The summed E-state index contributed by atoms with van der Waals surface area (Å²) in [6.45, 7) is 3.68. The second-order valence-corrected chi connectivity index (χ2v) is 6.37. The van der Waals surface area contributed by atoms with E-state index >= 15 is 0 Å². The number of methoxy groups -OCH3 is 4. The number of hydrogen-bond acceptors (Lipinski definition) is 6. The van der Waals surface area contributed by atoms with Crippen molar-refractivity contribution in [2.24, 2.45) is 0 Å². The fourth-order valence-corrected chi connectivity index (χ4v) is 3.68. The van der Waals surface area contributed by atoms with Crippen molar-refractivity contribution in [3.8, 4) is 23.0 Å². The Hall–Kier alpha value is -2.44. The van der Waals surface area contributed by atoms with Crippen LogP contribution in [0.5, 0.6) is 23.0 Å². The van der Waals surface area contributed by atoms with Crippen LogP contribution in [-0.2, 0) is 0 Å². The van der Waals surface area contributed by atoms with Crippen molar-refractivity contribution in [1.29, 1.82) is 0 Å². The number of nitrogens with one attached hydrogen (secondary N) is 1. The lowest BCUT2D eigenvalue weighted by Gasteiger charge is -2.37. The number of ether oxygens (including phenoxy) is 4. The Morgan fingerprint density at radius 2 is 1.44 bits per heavy atom. The summed E-state index contributed by atoms with van der Waals surface area (Å²) < 4.78 is 22.6. The minimum absolute atomic E-state index is 0.0803. The van der Waals surface area contributed by atoms with Crippen molar-refractivity contribution in [1.82, 2.24) is 10.2 Å². The average Bonchev–Trinajstić information content (AvgIpc) is 2.74. The van der Waals surface area contributed by atoms with E-state index in [0.717, 1.165) is 60.3 Å². The molecule has 1 unspecified atom stereocenters. The summed E-state index contributed by atoms with van der Waals surface area (Å²) in [4.78, 5) is 2.42. The molecule has 1 aliphatic rings.